The second-order valence-corrected chi connectivity index (χ2v) is 9.25. The van der Waals surface area contributed by atoms with Gasteiger partial charge in [0.05, 0.1) is 6.04 Å². The average Bonchev–Trinajstić information content (AvgIpc) is 2.82. The third-order valence-corrected chi connectivity index (χ3v) is 6.67. The highest BCUT2D eigenvalue weighted by Crippen LogP contribution is 2.35. The Morgan fingerprint density at radius 2 is 2.06 bits per heavy atom. The molecule has 1 aromatic heterocycles. The predicted octanol–water partition coefficient (Wildman–Crippen LogP) is 4.78. The van der Waals surface area contributed by atoms with Crippen molar-refractivity contribution in [3.05, 3.63) is 91.2 Å². The number of carbonyl (C=O) groups is 1. The van der Waals surface area contributed by atoms with Crippen LogP contribution in [0, 0.1) is 6.92 Å². The zero-order valence-electron chi connectivity index (χ0n) is 19.7. The van der Waals surface area contributed by atoms with Crippen LogP contribution < -0.4 is 16.0 Å². The number of carboxylic acid groups (broad SMARTS) is 1. The summed E-state index contributed by atoms with van der Waals surface area (Å²) >= 11 is 6.07. The Kier molecular flexibility index (Phi) is 7.42. The van der Waals surface area contributed by atoms with Gasteiger partial charge >= 0.3 is 11.7 Å². The first-order valence-electron chi connectivity index (χ1n) is 11.6. The smallest absolute Gasteiger partial charge is 0.339 e. The number of hydrogen-bond acceptors (Lipinski definition) is 5. The molecule has 1 aliphatic heterocycles. The molecule has 0 amide bonds. The number of nitrogens with one attached hydrogen (secondary N) is 1. The number of halogens is 1. The molecule has 184 valence electrons. The van der Waals surface area contributed by atoms with Crippen LogP contribution in [-0.2, 0) is 0 Å². The Bertz CT molecular complexity index is 1350. The summed E-state index contributed by atoms with van der Waals surface area (Å²) in [7, 11) is 0. The van der Waals surface area contributed by atoms with Crippen LogP contribution >= 0.6 is 11.6 Å². The summed E-state index contributed by atoms with van der Waals surface area (Å²) in [6, 6.07) is 11.9. The van der Waals surface area contributed by atoms with E-state index < -0.39 is 11.7 Å². The van der Waals surface area contributed by atoms with Gasteiger partial charge in [0, 0.05) is 29.4 Å². The average molecular weight is 498 g/mol. The predicted molar refractivity (Wildman–Crippen MR) is 134 cm³/mol. The Morgan fingerprint density at radius 1 is 1.26 bits per heavy atom. The van der Waals surface area contributed by atoms with Crippen molar-refractivity contribution in [1.82, 2.24) is 14.5 Å². The van der Waals surface area contributed by atoms with Crippen molar-refractivity contribution in [2.75, 3.05) is 13.1 Å². The molecule has 2 aromatic carbocycles. The monoisotopic (exact) mass is 497 g/mol. The lowest BCUT2D eigenvalue weighted by Crippen LogP contribution is -2.43. The number of rotatable bonds is 7. The van der Waals surface area contributed by atoms with Gasteiger partial charge in [0.15, 0.2) is 0 Å². The van der Waals surface area contributed by atoms with Gasteiger partial charge in [-0.3, -0.25) is 19.2 Å². The summed E-state index contributed by atoms with van der Waals surface area (Å²) in [5.74, 6) is -0.375. The molecule has 1 saturated heterocycles. The fourth-order valence-corrected chi connectivity index (χ4v) is 4.90. The number of aryl methyl sites for hydroxylation is 1. The molecule has 2 atom stereocenters. The molecule has 3 aromatic rings. The lowest BCUT2D eigenvalue weighted by Gasteiger charge is -2.39. The number of hydrogen-bond donors (Lipinski definition) is 2. The van der Waals surface area contributed by atoms with Gasteiger partial charge in [-0.25, -0.2) is 9.59 Å². The Morgan fingerprint density at radius 3 is 2.77 bits per heavy atom. The Labute approximate surface area is 207 Å². The van der Waals surface area contributed by atoms with Crippen molar-refractivity contribution in [2.45, 2.75) is 45.2 Å². The number of H-pyrrole nitrogens is 1. The minimum atomic E-state index is -1.08. The molecule has 0 spiro atoms. The summed E-state index contributed by atoms with van der Waals surface area (Å²) in [4.78, 5) is 40.8. The molecule has 0 radical (unpaired) electrons. The minimum Gasteiger partial charge on any atom is -0.478 e. The second-order valence-electron chi connectivity index (χ2n) is 8.81. The van der Waals surface area contributed by atoms with Crippen molar-refractivity contribution < 1.29 is 14.6 Å². The van der Waals surface area contributed by atoms with Crippen LogP contribution in [0.4, 0.5) is 0 Å². The van der Waals surface area contributed by atoms with Crippen molar-refractivity contribution in [3.63, 3.8) is 0 Å². The molecule has 2 N–H and O–H groups in total. The maximum absolute atomic E-state index is 12.5. The third-order valence-electron chi connectivity index (χ3n) is 6.44. The Hall–Kier alpha value is -3.36. The van der Waals surface area contributed by atoms with Crippen LogP contribution in [-0.4, -0.2) is 38.6 Å². The number of aromatic amines is 1. The maximum atomic E-state index is 12.5. The highest BCUT2D eigenvalue weighted by molar-refractivity contribution is 6.30. The van der Waals surface area contributed by atoms with Crippen LogP contribution in [0.3, 0.4) is 0 Å². The number of likely N-dealkylation sites (tertiary alicyclic amines) is 1. The van der Waals surface area contributed by atoms with E-state index in [0.717, 1.165) is 31.4 Å². The fraction of sp³-hybridized carbons (Fsp3) is 0.346. The number of benzene rings is 2. The van der Waals surface area contributed by atoms with Crippen LogP contribution in [0.5, 0.6) is 11.5 Å². The van der Waals surface area contributed by atoms with Gasteiger partial charge in [-0.05, 0) is 68.6 Å². The van der Waals surface area contributed by atoms with Crippen molar-refractivity contribution >= 4 is 17.6 Å². The molecule has 2 heterocycles. The van der Waals surface area contributed by atoms with Crippen LogP contribution in [0.25, 0.3) is 0 Å². The van der Waals surface area contributed by atoms with E-state index in [2.05, 4.69) is 16.8 Å². The summed E-state index contributed by atoms with van der Waals surface area (Å²) < 4.78 is 7.56. The number of aromatic nitrogens is 2. The first-order valence-corrected chi connectivity index (χ1v) is 12.0. The lowest BCUT2D eigenvalue weighted by atomic mass is 9.96. The van der Waals surface area contributed by atoms with Crippen LogP contribution in [0.2, 0.25) is 5.02 Å². The topological polar surface area (TPSA) is 105 Å². The highest BCUT2D eigenvalue weighted by atomic mass is 35.5. The molecule has 1 fully saturated rings. The van der Waals surface area contributed by atoms with E-state index in [1.165, 1.54) is 0 Å². The molecule has 9 heteroatoms. The van der Waals surface area contributed by atoms with E-state index in [1.54, 1.807) is 54.1 Å². The molecule has 0 saturated carbocycles. The van der Waals surface area contributed by atoms with Gasteiger partial charge < -0.3 is 9.84 Å². The first-order chi connectivity index (χ1) is 16.8. The lowest BCUT2D eigenvalue weighted by molar-refractivity contribution is 0.0694. The number of piperidine rings is 1. The summed E-state index contributed by atoms with van der Waals surface area (Å²) in [5.41, 5.74) is 0.732. The fourth-order valence-electron chi connectivity index (χ4n) is 4.72. The van der Waals surface area contributed by atoms with E-state index in [0.29, 0.717) is 22.9 Å². The summed E-state index contributed by atoms with van der Waals surface area (Å²) in [5, 5.41) is 10.2. The molecule has 8 nitrogen and oxygen atoms in total. The largest absolute Gasteiger partial charge is 0.478 e. The number of ether oxygens (including phenoxy) is 1. The van der Waals surface area contributed by atoms with Crippen molar-refractivity contribution in [1.29, 1.82) is 0 Å². The van der Waals surface area contributed by atoms with Crippen molar-refractivity contribution in [3.8, 4) is 11.5 Å². The summed E-state index contributed by atoms with van der Waals surface area (Å²) in [6.07, 6.45) is 4.15. The van der Waals surface area contributed by atoms with Gasteiger partial charge in [-0.2, -0.15) is 0 Å². The van der Waals surface area contributed by atoms with Crippen LogP contribution in [0.1, 0.15) is 59.8 Å². The van der Waals surface area contributed by atoms with E-state index in [1.807, 2.05) is 6.07 Å². The zero-order valence-corrected chi connectivity index (χ0v) is 20.4. The normalized spacial score (nSPS) is 17.2. The minimum absolute atomic E-state index is 0.00177. The number of carboxylic acids is 1. The molecule has 0 aliphatic carbocycles. The van der Waals surface area contributed by atoms with Crippen LogP contribution in [0.15, 0.2) is 58.3 Å². The molecule has 4 rings (SSSR count). The van der Waals surface area contributed by atoms with Gasteiger partial charge in [0.2, 0.25) is 0 Å². The molecule has 0 unspecified atom stereocenters. The molecule has 35 heavy (non-hydrogen) atoms. The quantitative estimate of drug-likeness (QED) is 0.487. The molecular weight excluding hydrogens is 470 g/mol. The molecule has 0 bridgehead atoms. The standard InChI is InChI=1S/C26H28ClN3O5/c1-3-22(29-11-5-7-19(15-29)30-14-16(2)24(31)28-26(30)34)17-9-10-21(25(32)33)23(12-17)35-20-8-4-6-18(27)13-20/h4,6,8-10,12-14,19,22H,3,5,7,11,15H2,1-2H3,(H,32,33)(H,28,31,34)/t19-,22+/m0/s1. The summed E-state index contributed by atoms with van der Waals surface area (Å²) in [6.45, 7) is 5.25. The van der Waals surface area contributed by atoms with E-state index in [-0.39, 0.29) is 29.0 Å². The van der Waals surface area contributed by atoms with E-state index in [9.17, 15) is 19.5 Å². The molecule has 1 aliphatic rings. The molecular formula is C26H28ClN3O5. The van der Waals surface area contributed by atoms with Crippen molar-refractivity contribution in [2.24, 2.45) is 0 Å². The van der Waals surface area contributed by atoms with Gasteiger partial charge in [-0.1, -0.05) is 30.7 Å². The third kappa shape index (κ3) is 5.49. The second kappa shape index (κ2) is 10.5. The maximum Gasteiger partial charge on any atom is 0.339 e. The highest BCUT2D eigenvalue weighted by Gasteiger charge is 2.28. The Balaban J connectivity index is 1.64. The first kappa shape index (κ1) is 24.8. The SMILES string of the molecule is CC[C@H](c1ccc(C(=O)O)c(Oc2cccc(Cl)c2)c1)N1CCC[C@H](n2cc(C)c(=O)[nH]c2=O)C1. The zero-order chi connectivity index (χ0) is 25.1. The van der Waals surface area contributed by atoms with E-state index in [4.69, 9.17) is 16.3 Å². The van der Waals surface area contributed by atoms with Gasteiger partial charge in [0.1, 0.15) is 17.1 Å². The van der Waals surface area contributed by atoms with E-state index >= 15 is 0 Å². The number of nitrogens with zero attached hydrogens (tertiary/aromatic N) is 2. The van der Waals surface area contributed by atoms with Gasteiger partial charge in [0.25, 0.3) is 5.56 Å². The number of aromatic carboxylic acids is 1. The van der Waals surface area contributed by atoms with Gasteiger partial charge in [-0.15, -0.1) is 0 Å².